The van der Waals surface area contributed by atoms with E-state index in [1.807, 2.05) is 0 Å². The molecule has 1 saturated carbocycles. The Labute approximate surface area is 122 Å². The zero-order valence-corrected chi connectivity index (χ0v) is 13.2. The smallest absolute Gasteiger partial charge is 0.168 e. The maximum absolute atomic E-state index is 12.5. The summed E-state index contributed by atoms with van der Waals surface area (Å²) < 4.78 is 5.56. The van der Waals surface area contributed by atoms with Crippen molar-refractivity contribution in [3.8, 4) is 0 Å². The molecular formula is C18H26O2. The SMILES string of the molecule is COC1(C(=O)Cc2ccc(C(C)(C)C)cc2)CCCC1. The van der Waals surface area contributed by atoms with Gasteiger partial charge in [0.1, 0.15) is 5.60 Å². The Morgan fingerprint density at radius 2 is 1.70 bits per heavy atom. The van der Waals surface area contributed by atoms with E-state index in [1.54, 1.807) is 7.11 Å². The predicted octanol–water partition coefficient (Wildman–Crippen LogP) is 4.05. The molecule has 1 aromatic carbocycles. The fourth-order valence-corrected chi connectivity index (χ4v) is 3.01. The standard InChI is InChI=1S/C18H26O2/c1-17(2,3)15-9-7-14(8-10-15)13-16(19)18(20-4)11-5-6-12-18/h7-10H,5-6,11-13H2,1-4H3. The van der Waals surface area contributed by atoms with E-state index in [0.29, 0.717) is 6.42 Å². The normalized spacial score (nSPS) is 18.2. The first kappa shape index (κ1) is 15.2. The second-order valence-electron chi connectivity index (χ2n) is 6.95. The highest BCUT2D eigenvalue weighted by Gasteiger charge is 2.40. The molecule has 0 spiro atoms. The molecule has 0 unspecified atom stereocenters. The van der Waals surface area contributed by atoms with E-state index < -0.39 is 5.60 Å². The third-order valence-electron chi connectivity index (χ3n) is 4.49. The van der Waals surface area contributed by atoms with Crippen LogP contribution >= 0.6 is 0 Å². The van der Waals surface area contributed by atoms with Crippen molar-refractivity contribution < 1.29 is 9.53 Å². The summed E-state index contributed by atoms with van der Waals surface area (Å²) in [5, 5.41) is 0. The first-order valence-corrected chi connectivity index (χ1v) is 7.55. The van der Waals surface area contributed by atoms with Crippen LogP contribution in [0.4, 0.5) is 0 Å². The van der Waals surface area contributed by atoms with E-state index in [-0.39, 0.29) is 11.2 Å². The number of ketones is 1. The van der Waals surface area contributed by atoms with Gasteiger partial charge >= 0.3 is 0 Å². The van der Waals surface area contributed by atoms with Crippen molar-refractivity contribution in [2.75, 3.05) is 7.11 Å². The van der Waals surface area contributed by atoms with E-state index in [9.17, 15) is 4.79 Å². The van der Waals surface area contributed by atoms with E-state index in [1.165, 1.54) is 5.56 Å². The van der Waals surface area contributed by atoms with Gasteiger partial charge in [0.05, 0.1) is 0 Å². The van der Waals surface area contributed by atoms with Crippen molar-refractivity contribution in [3.05, 3.63) is 35.4 Å². The minimum atomic E-state index is -0.511. The van der Waals surface area contributed by atoms with Crippen molar-refractivity contribution in [2.45, 2.75) is 63.9 Å². The third-order valence-corrected chi connectivity index (χ3v) is 4.49. The van der Waals surface area contributed by atoms with Crippen LogP contribution in [0.5, 0.6) is 0 Å². The molecule has 0 amide bonds. The maximum atomic E-state index is 12.5. The average Bonchev–Trinajstić information content (AvgIpc) is 2.88. The van der Waals surface area contributed by atoms with E-state index in [2.05, 4.69) is 45.0 Å². The first-order valence-electron chi connectivity index (χ1n) is 7.55. The molecular weight excluding hydrogens is 248 g/mol. The third kappa shape index (κ3) is 3.12. The van der Waals surface area contributed by atoms with Gasteiger partial charge in [0, 0.05) is 13.5 Å². The number of ether oxygens (including phenoxy) is 1. The fraction of sp³-hybridized carbons (Fsp3) is 0.611. The lowest BCUT2D eigenvalue weighted by molar-refractivity contribution is -0.139. The average molecular weight is 274 g/mol. The van der Waals surface area contributed by atoms with Crippen molar-refractivity contribution >= 4 is 5.78 Å². The highest BCUT2D eigenvalue weighted by molar-refractivity contribution is 5.89. The zero-order chi connectivity index (χ0) is 14.8. The molecule has 2 nitrogen and oxygen atoms in total. The Bertz CT molecular complexity index is 459. The Morgan fingerprint density at radius 1 is 1.15 bits per heavy atom. The van der Waals surface area contributed by atoms with Gasteiger partial charge in [-0.15, -0.1) is 0 Å². The molecule has 0 heterocycles. The van der Waals surface area contributed by atoms with E-state index in [4.69, 9.17) is 4.74 Å². The number of Topliss-reactive ketones (excluding diaryl/α,β-unsaturated/α-hetero) is 1. The molecule has 20 heavy (non-hydrogen) atoms. The van der Waals surface area contributed by atoms with Crippen LogP contribution in [0.15, 0.2) is 24.3 Å². The Balaban J connectivity index is 2.08. The molecule has 0 aliphatic heterocycles. The van der Waals surface area contributed by atoms with Gasteiger partial charge in [-0.25, -0.2) is 0 Å². The monoisotopic (exact) mass is 274 g/mol. The minimum absolute atomic E-state index is 0.155. The molecule has 1 aliphatic rings. The molecule has 0 atom stereocenters. The molecule has 110 valence electrons. The molecule has 0 bridgehead atoms. The lowest BCUT2D eigenvalue weighted by atomic mass is 9.85. The van der Waals surface area contributed by atoms with Gasteiger partial charge in [-0.2, -0.15) is 0 Å². The van der Waals surface area contributed by atoms with Crippen LogP contribution in [-0.4, -0.2) is 18.5 Å². The van der Waals surface area contributed by atoms with E-state index in [0.717, 1.165) is 31.2 Å². The second-order valence-corrected chi connectivity index (χ2v) is 6.95. The number of benzene rings is 1. The fourth-order valence-electron chi connectivity index (χ4n) is 3.01. The van der Waals surface area contributed by atoms with Crippen LogP contribution in [0, 0.1) is 0 Å². The Kier molecular flexibility index (Phi) is 4.33. The lowest BCUT2D eigenvalue weighted by Gasteiger charge is -2.26. The number of hydrogen-bond acceptors (Lipinski definition) is 2. The van der Waals surface area contributed by atoms with Gasteiger partial charge in [0.2, 0.25) is 0 Å². The topological polar surface area (TPSA) is 26.3 Å². The number of methoxy groups -OCH3 is 1. The van der Waals surface area contributed by atoms with Gasteiger partial charge < -0.3 is 4.74 Å². The first-order chi connectivity index (χ1) is 9.37. The quantitative estimate of drug-likeness (QED) is 0.827. The number of carbonyl (C=O) groups is 1. The molecule has 1 aliphatic carbocycles. The molecule has 0 radical (unpaired) electrons. The van der Waals surface area contributed by atoms with Crippen LogP contribution in [0.2, 0.25) is 0 Å². The minimum Gasteiger partial charge on any atom is -0.370 e. The van der Waals surface area contributed by atoms with Crippen molar-refractivity contribution in [1.29, 1.82) is 0 Å². The van der Waals surface area contributed by atoms with Gasteiger partial charge in [0.25, 0.3) is 0 Å². The summed E-state index contributed by atoms with van der Waals surface area (Å²) in [7, 11) is 1.67. The van der Waals surface area contributed by atoms with Crippen molar-refractivity contribution in [1.82, 2.24) is 0 Å². The summed E-state index contributed by atoms with van der Waals surface area (Å²) in [6.45, 7) is 6.60. The van der Waals surface area contributed by atoms with Crippen LogP contribution in [0.25, 0.3) is 0 Å². The van der Waals surface area contributed by atoms with Crippen LogP contribution in [0.3, 0.4) is 0 Å². The molecule has 0 aromatic heterocycles. The highest BCUT2D eigenvalue weighted by Crippen LogP contribution is 2.34. The zero-order valence-electron chi connectivity index (χ0n) is 13.2. The van der Waals surface area contributed by atoms with Crippen molar-refractivity contribution in [2.24, 2.45) is 0 Å². The summed E-state index contributed by atoms with van der Waals surface area (Å²) in [5.74, 6) is 0.237. The molecule has 0 N–H and O–H groups in total. The van der Waals surface area contributed by atoms with Gasteiger partial charge in [-0.05, 0) is 42.2 Å². The van der Waals surface area contributed by atoms with E-state index >= 15 is 0 Å². The molecule has 1 fully saturated rings. The predicted molar refractivity (Wildman–Crippen MR) is 82.1 cm³/mol. The Morgan fingerprint density at radius 3 is 2.15 bits per heavy atom. The molecule has 2 heteroatoms. The molecule has 0 saturated heterocycles. The largest absolute Gasteiger partial charge is 0.370 e. The second kappa shape index (κ2) is 5.69. The molecule has 1 aromatic rings. The van der Waals surface area contributed by atoms with Gasteiger partial charge in [0.15, 0.2) is 5.78 Å². The lowest BCUT2D eigenvalue weighted by Crippen LogP contribution is -2.38. The van der Waals surface area contributed by atoms with Crippen LogP contribution in [0.1, 0.15) is 57.6 Å². The van der Waals surface area contributed by atoms with Crippen LogP contribution in [-0.2, 0) is 21.4 Å². The number of carbonyl (C=O) groups excluding carboxylic acids is 1. The maximum Gasteiger partial charge on any atom is 0.168 e. The van der Waals surface area contributed by atoms with Crippen molar-refractivity contribution in [3.63, 3.8) is 0 Å². The Hall–Kier alpha value is -1.15. The number of hydrogen-bond donors (Lipinski definition) is 0. The van der Waals surface area contributed by atoms with Crippen LogP contribution < -0.4 is 0 Å². The number of rotatable bonds is 4. The van der Waals surface area contributed by atoms with Gasteiger partial charge in [-0.1, -0.05) is 45.0 Å². The summed E-state index contributed by atoms with van der Waals surface area (Å²) >= 11 is 0. The molecule has 2 rings (SSSR count). The summed E-state index contributed by atoms with van der Waals surface area (Å²) in [6, 6.07) is 8.43. The summed E-state index contributed by atoms with van der Waals surface area (Å²) in [5.41, 5.74) is 2.03. The summed E-state index contributed by atoms with van der Waals surface area (Å²) in [6.07, 6.45) is 4.44. The highest BCUT2D eigenvalue weighted by atomic mass is 16.5. The summed E-state index contributed by atoms with van der Waals surface area (Å²) in [4.78, 5) is 12.5. The van der Waals surface area contributed by atoms with Gasteiger partial charge in [-0.3, -0.25) is 4.79 Å².